The van der Waals surface area contributed by atoms with Gasteiger partial charge in [0, 0.05) is 31.7 Å². The van der Waals surface area contributed by atoms with Crippen LogP contribution in [-0.2, 0) is 0 Å². The summed E-state index contributed by atoms with van der Waals surface area (Å²) in [4.78, 5) is 3.91. The highest BCUT2D eigenvalue weighted by Crippen LogP contribution is 2.04. The number of nitrogens with two attached hydrogens (primary N) is 1. The topological polar surface area (TPSA) is 52.5 Å². The summed E-state index contributed by atoms with van der Waals surface area (Å²) in [5.74, 6) is 0.556. The third-order valence-electron chi connectivity index (χ3n) is 1.46. The second kappa shape index (κ2) is 3.69. The molecule has 3 heteroatoms. The molecule has 0 aromatic rings. The first kappa shape index (κ1) is 8.50. The molecule has 0 amide bonds. The maximum absolute atomic E-state index is 5.58. The number of amidine groups is 1. The van der Waals surface area contributed by atoms with Gasteiger partial charge in [0.25, 0.3) is 6.21 Å². The van der Waals surface area contributed by atoms with E-state index in [1.165, 1.54) is 0 Å². The van der Waals surface area contributed by atoms with Gasteiger partial charge in [-0.1, -0.05) is 0 Å². The molecule has 0 bridgehead atoms. The van der Waals surface area contributed by atoms with Crippen molar-refractivity contribution in [2.45, 2.75) is 13.8 Å². The zero-order chi connectivity index (χ0) is 8.97. The minimum atomic E-state index is 0.556. The van der Waals surface area contributed by atoms with Gasteiger partial charge in [0.1, 0.15) is 5.84 Å². The second-order valence-corrected chi connectivity index (χ2v) is 2.46. The molecule has 2 N–H and O–H groups in total. The molecule has 12 heavy (non-hydrogen) atoms. The molecule has 0 aromatic heterocycles. The Balaban J connectivity index is 2.91. The average molecular weight is 162 g/mol. The molecule has 0 spiro atoms. The highest BCUT2D eigenvalue weighted by atomic mass is 14.9. The van der Waals surface area contributed by atoms with Crippen molar-refractivity contribution in [2.75, 3.05) is 0 Å². The summed E-state index contributed by atoms with van der Waals surface area (Å²) in [6, 6.07) is 0. The SMILES string of the molecule is CC=[N+]=C(C)/C=C1/C=CN=C1N. The number of aliphatic imine (C=N–C) groups is 1. The van der Waals surface area contributed by atoms with Crippen LogP contribution in [0.25, 0.3) is 0 Å². The quantitative estimate of drug-likeness (QED) is 0.441. The van der Waals surface area contributed by atoms with Crippen LogP contribution < -0.4 is 10.4 Å². The number of rotatable bonds is 1. The van der Waals surface area contributed by atoms with E-state index in [4.69, 9.17) is 5.73 Å². The van der Waals surface area contributed by atoms with E-state index in [1.807, 2.05) is 26.0 Å². The molecule has 0 saturated carbocycles. The van der Waals surface area contributed by atoms with E-state index in [0.29, 0.717) is 5.84 Å². The smallest absolute Gasteiger partial charge is 0.301 e. The van der Waals surface area contributed by atoms with Gasteiger partial charge in [-0.3, -0.25) is 0 Å². The summed E-state index contributed by atoms with van der Waals surface area (Å²) in [7, 11) is 0. The maximum atomic E-state index is 5.58. The van der Waals surface area contributed by atoms with Crippen LogP contribution in [0.1, 0.15) is 13.8 Å². The number of hydrogen-bond donors (Lipinski definition) is 1. The molecular formula is C9H12N3+. The molecule has 0 fully saturated rings. The van der Waals surface area contributed by atoms with Crippen LogP contribution in [0.5, 0.6) is 0 Å². The molecule has 3 nitrogen and oxygen atoms in total. The number of nitrogens with zero attached hydrogens (tertiary/aromatic N) is 2. The van der Waals surface area contributed by atoms with Gasteiger partial charge in [0.05, 0.1) is 0 Å². The van der Waals surface area contributed by atoms with E-state index in [9.17, 15) is 0 Å². The lowest BCUT2D eigenvalue weighted by atomic mass is 10.2. The van der Waals surface area contributed by atoms with Crippen LogP contribution in [0.2, 0.25) is 0 Å². The number of hydrogen-bond acceptors (Lipinski definition) is 2. The standard InChI is InChI=1S/C9H11N3/c1-3-11-7(2)6-8-4-5-12-9(8)10/h3-6,10H,1-2H3/p+1. The summed E-state index contributed by atoms with van der Waals surface area (Å²) in [5.41, 5.74) is 7.43. The Labute approximate surface area is 71.7 Å². The molecule has 1 rings (SSSR count). The van der Waals surface area contributed by atoms with Gasteiger partial charge in [0.2, 0.25) is 0 Å². The monoisotopic (exact) mass is 162 g/mol. The number of allylic oxidation sites excluding steroid dienone is 1. The fourth-order valence-corrected chi connectivity index (χ4v) is 0.946. The van der Waals surface area contributed by atoms with Crippen molar-refractivity contribution in [3.8, 4) is 0 Å². The molecular weight excluding hydrogens is 150 g/mol. The summed E-state index contributed by atoms with van der Waals surface area (Å²) in [6.07, 6.45) is 7.20. The van der Waals surface area contributed by atoms with Crippen LogP contribution in [-0.4, -0.2) is 17.8 Å². The van der Waals surface area contributed by atoms with Gasteiger partial charge in [-0.2, -0.15) is 0 Å². The Kier molecular flexibility index (Phi) is 2.62. The zero-order valence-electron chi connectivity index (χ0n) is 7.28. The first-order chi connectivity index (χ1) is 5.74. The van der Waals surface area contributed by atoms with Crippen LogP contribution in [0.15, 0.2) is 28.9 Å². The summed E-state index contributed by atoms with van der Waals surface area (Å²) in [5, 5.41) is 0. The van der Waals surface area contributed by atoms with Gasteiger partial charge in [-0.05, 0) is 6.08 Å². The fourth-order valence-electron chi connectivity index (χ4n) is 0.946. The first-order valence-electron chi connectivity index (χ1n) is 3.78. The lowest BCUT2D eigenvalue weighted by Gasteiger charge is -1.89. The van der Waals surface area contributed by atoms with E-state index in [0.717, 1.165) is 11.3 Å². The molecule has 0 saturated heterocycles. The van der Waals surface area contributed by atoms with Crippen molar-refractivity contribution in [1.82, 2.24) is 4.67 Å². The minimum absolute atomic E-state index is 0.556. The van der Waals surface area contributed by atoms with Gasteiger partial charge < -0.3 is 5.73 Å². The van der Waals surface area contributed by atoms with Crippen LogP contribution in [0.4, 0.5) is 0 Å². The van der Waals surface area contributed by atoms with Crippen LogP contribution in [0.3, 0.4) is 0 Å². The maximum Gasteiger partial charge on any atom is 0.301 e. The molecule has 0 aromatic carbocycles. The van der Waals surface area contributed by atoms with E-state index >= 15 is 0 Å². The lowest BCUT2D eigenvalue weighted by molar-refractivity contribution is 1.55. The van der Waals surface area contributed by atoms with Gasteiger partial charge in [0.15, 0.2) is 0 Å². The predicted molar refractivity (Wildman–Crippen MR) is 53.4 cm³/mol. The van der Waals surface area contributed by atoms with Gasteiger partial charge in [-0.15, -0.1) is 4.67 Å². The third-order valence-corrected chi connectivity index (χ3v) is 1.46. The molecule has 1 aliphatic heterocycles. The summed E-state index contributed by atoms with van der Waals surface area (Å²) in [6.45, 7) is 3.80. The largest absolute Gasteiger partial charge is 0.383 e. The molecule has 1 heterocycles. The molecule has 0 atom stereocenters. The molecule has 0 radical (unpaired) electrons. The van der Waals surface area contributed by atoms with Crippen molar-refractivity contribution in [1.29, 1.82) is 0 Å². The summed E-state index contributed by atoms with van der Waals surface area (Å²) >= 11 is 0. The second-order valence-electron chi connectivity index (χ2n) is 2.46. The first-order valence-corrected chi connectivity index (χ1v) is 3.78. The van der Waals surface area contributed by atoms with Gasteiger partial charge in [-0.25, -0.2) is 4.99 Å². The molecule has 0 aliphatic carbocycles. The van der Waals surface area contributed by atoms with Crippen molar-refractivity contribution in [2.24, 2.45) is 10.7 Å². The Morgan fingerprint density at radius 3 is 2.92 bits per heavy atom. The van der Waals surface area contributed by atoms with Crippen molar-refractivity contribution in [3.63, 3.8) is 0 Å². The average Bonchev–Trinajstić information content (AvgIpc) is 2.37. The highest BCUT2D eigenvalue weighted by Gasteiger charge is 2.06. The van der Waals surface area contributed by atoms with Crippen molar-refractivity contribution < 1.29 is 0 Å². The normalized spacial score (nSPS) is 17.5. The van der Waals surface area contributed by atoms with Crippen LogP contribution in [0, 0.1) is 0 Å². The molecule has 62 valence electrons. The summed E-state index contributed by atoms with van der Waals surface area (Å²) < 4.78 is 4.09. The van der Waals surface area contributed by atoms with Crippen molar-refractivity contribution >= 4 is 17.8 Å². The van der Waals surface area contributed by atoms with E-state index < -0.39 is 0 Å². The predicted octanol–water partition coefficient (Wildman–Crippen LogP) is 0.416. The van der Waals surface area contributed by atoms with Crippen molar-refractivity contribution in [3.05, 3.63) is 23.9 Å². The minimum Gasteiger partial charge on any atom is -0.383 e. The Morgan fingerprint density at radius 2 is 2.42 bits per heavy atom. The third kappa shape index (κ3) is 1.94. The Bertz CT molecular complexity index is 326. The van der Waals surface area contributed by atoms with E-state index in [1.54, 1.807) is 12.4 Å². The van der Waals surface area contributed by atoms with E-state index in [-0.39, 0.29) is 0 Å². The zero-order valence-corrected chi connectivity index (χ0v) is 7.28. The van der Waals surface area contributed by atoms with Crippen LogP contribution >= 0.6 is 0 Å². The van der Waals surface area contributed by atoms with Gasteiger partial charge >= 0.3 is 5.71 Å². The molecule has 1 aliphatic rings. The fraction of sp³-hybridized carbons (Fsp3) is 0.222. The van der Waals surface area contributed by atoms with E-state index in [2.05, 4.69) is 9.66 Å². The lowest BCUT2D eigenvalue weighted by Crippen LogP contribution is -2.11. The Hall–Kier alpha value is -1.60. The molecule has 0 unspecified atom stereocenters. The highest BCUT2D eigenvalue weighted by molar-refractivity contribution is 6.08. The Morgan fingerprint density at radius 1 is 1.67 bits per heavy atom.